The highest BCUT2D eigenvalue weighted by atomic mass is 79.9. The van der Waals surface area contributed by atoms with Crippen LogP contribution >= 0.6 is 15.9 Å². The van der Waals surface area contributed by atoms with Crippen LogP contribution in [0.2, 0.25) is 0 Å². The van der Waals surface area contributed by atoms with Crippen LogP contribution in [0.25, 0.3) is 10.9 Å². The molecule has 4 heteroatoms. The largest absolute Gasteiger partial charge is 0.396 e. The van der Waals surface area contributed by atoms with Gasteiger partial charge in [0.15, 0.2) is 0 Å². The zero-order valence-electron chi connectivity index (χ0n) is 9.29. The number of pyridine rings is 1. The fourth-order valence-corrected chi connectivity index (χ4v) is 1.99. The highest BCUT2D eigenvalue weighted by Gasteiger charge is 2.07. The Hall–Kier alpha value is -1.29. The summed E-state index contributed by atoms with van der Waals surface area (Å²) >= 11 is 3.46. The molecule has 0 fully saturated rings. The molecule has 0 saturated heterocycles. The predicted molar refractivity (Wildman–Crippen MR) is 72.6 cm³/mol. The number of nitrogens with one attached hydrogen (secondary N) is 1. The minimum atomic E-state index is 0.340. The average molecular weight is 280 g/mol. The summed E-state index contributed by atoms with van der Waals surface area (Å²) in [5.74, 6) is 0. The standard InChI is InChI=1S/C12H14BrN3/c1-7(2)16-12-9-5-8(13)3-4-11(9)15-6-10(12)14/h3-7H,14H2,1-2H3,(H,15,16). The molecule has 2 aromatic rings. The number of benzene rings is 1. The van der Waals surface area contributed by atoms with Gasteiger partial charge in [-0.3, -0.25) is 4.98 Å². The van der Waals surface area contributed by atoms with Gasteiger partial charge in [-0.1, -0.05) is 15.9 Å². The van der Waals surface area contributed by atoms with Crippen molar-refractivity contribution in [2.24, 2.45) is 0 Å². The molecule has 0 aliphatic carbocycles. The van der Waals surface area contributed by atoms with Gasteiger partial charge < -0.3 is 11.1 Å². The van der Waals surface area contributed by atoms with E-state index in [1.54, 1.807) is 6.20 Å². The molecule has 0 spiro atoms. The van der Waals surface area contributed by atoms with Crippen molar-refractivity contribution in [3.8, 4) is 0 Å². The minimum absolute atomic E-state index is 0.340. The second-order valence-corrected chi connectivity index (χ2v) is 4.96. The Labute approximate surface area is 103 Å². The van der Waals surface area contributed by atoms with E-state index < -0.39 is 0 Å². The van der Waals surface area contributed by atoms with Crippen LogP contribution in [0.4, 0.5) is 11.4 Å². The summed E-state index contributed by atoms with van der Waals surface area (Å²) in [6.45, 7) is 4.17. The smallest absolute Gasteiger partial charge is 0.0743 e. The van der Waals surface area contributed by atoms with Gasteiger partial charge in [-0.2, -0.15) is 0 Å². The van der Waals surface area contributed by atoms with Crippen LogP contribution in [-0.4, -0.2) is 11.0 Å². The Bertz CT molecular complexity index is 518. The summed E-state index contributed by atoms with van der Waals surface area (Å²) in [6, 6.07) is 6.32. The van der Waals surface area contributed by atoms with Crippen molar-refractivity contribution in [2.45, 2.75) is 19.9 Å². The van der Waals surface area contributed by atoms with Crippen LogP contribution < -0.4 is 11.1 Å². The average Bonchev–Trinajstić information content (AvgIpc) is 2.22. The van der Waals surface area contributed by atoms with Crippen molar-refractivity contribution in [1.29, 1.82) is 0 Å². The molecule has 2 rings (SSSR count). The molecule has 0 atom stereocenters. The zero-order chi connectivity index (χ0) is 11.7. The molecule has 0 radical (unpaired) electrons. The number of nitrogens with two attached hydrogens (primary N) is 1. The third-order valence-corrected chi connectivity index (χ3v) is 2.79. The molecular formula is C12H14BrN3. The van der Waals surface area contributed by atoms with E-state index in [0.717, 1.165) is 21.1 Å². The number of hydrogen-bond acceptors (Lipinski definition) is 3. The van der Waals surface area contributed by atoms with Gasteiger partial charge in [0, 0.05) is 15.9 Å². The van der Waals surface area contributed by atoms with Crippen LogP contribution in [0.5, 0.6) is 0 Å². The van der Waals surface area contributed by atoms with Gasteiger partial charge in [0.2, 0.25) is 0 Å². The third kappa shape index (κ3) is 2.11. The molecule has 0 saturated carbocycles. The first-order chi connectivity index (χ1) is 7.58. The summed E-state index contributed by atoms with van der Waals surface area (Å²) in [5, 5.41) is 4.40. The van der Waals surface area contributed by atoms with E-state index in [9.17, 15) is 0 Å². The van der Waals surface area contributed by atoms with Crippen molar-refractivity contribution >= 4 is 38.2 Å². The van der Waals surface area contributed by atoms with Crippen LogP contribution in [0.1, 0.15) is 13.8 Å². The van der Waals surface area contributed by atoms with Gasteiger partial charge in [-0.15, -0.1) is 0 Å². The first kappa shape index (κ1) is 11.2. The fraction of sp³-hybridized carbons (Fsp3) is 0.250. The summed E-state index contributed by atoms with van der Waals surface area (Å²) in [4.78, 5) is 4.30. The van der Waals surface area contributed by atoms with E-state index in [2.05, 4.69) is 40.1 Å². The topological polar surface area (TPSA) is 50.9 Å². The summed E-state index contributed by atoms with van der Waals surface area (Å²) in [7, 11) is 0. The lowest BCUT2D eigenvalue weighted by molar-refractivity contribution is 0.902. The van der Waals surface area contributed by atoms with Crippen molar-refractivity contribution in [3.05, 3.63) is 28.9 Å². The number of rotatable bonds is 2. The van der Waals surface area contributed by atoms with Gasteiger partial charge in [-0.05, 0) is 32.0 Å². The first-order valence-corrected chi connectivity index (χ1v) is 5.97. The maximum atomic E-state index is 5.94. The maximum absolute atomic E-state index is 5.94. The van der Waals surface area contributed by atoms with Gasteiger partial charge in [0.05, 0.1) is 23.1 Å². The Morgan fingerprint density at radius 3 is 2.81 bits per heavy atom. The Kier molecular flexibility index (Phi) is 3.01. The second kappa shape index (κ2) is 4.29. The van der Waals surface area contributed by atoms with E-state index in [4.69, 9.17) is 5.73 Å². The van der Waals surface area contributed by atoms with Gasteiger partial charge in [0.1, 0.15) is 0 Å². The normalized spacial score (nSPS) is 11.0. The maximum Gasteiger partial charge on any atom is 0.0743 e. The SMILES string of the molecule is CC(C)Nc1c(N)cnc2ccc(Br)cc12. The quantitative estimate of drug-likeness (QED) is 0.886. The predicted octanol–water partition coefficient (Wildman–Crippen LogP) is 3.40. The van der Waals surface area contributed by atoms with Crippen LogP contribution in [-0.2, 0) is 0 Å². The molecule has 1 aromatic heterocycles. The van der Waals surface area contributed by atoms with Crippen molar-refractivity contribution in [1.82, 2.24) is 4.98 Å². The van der Waals surface area contributed by atoms with E-state index in [1.807, 2.05) is 18.2 Å². The Balaban J connectivity index is 2.67. The lowest BCUT2D eigenvalue weighted by Crippen LogP contribution is -2.12. The van der Waals surface area contributed by atoms with Crippen LogP contribution in [0, 0.1) is 0 Å². The van der Waals surface area contributed by atoms with Crippen LogP contribution in [0.15, 0.2) is 28.9 Å². The van der Waals surface area contributed by atoms with Gasteiger partial charge in [-0.25, -0.2) is 0 Å². The molecule has 0 amide bonds. The van der Waals surface area contributed by atoms with Crippen molar-refractivity contribution in [2.75, 3.05) is 11.1 Å². The lowest BCUT2D eigenvalue weighted by atomic mass is 10.1. The lowest BCUT2D eigenvalue weighted by Gasteiger charge is -2.15. The Morgan fingerprint density at radius 2 is 2.12 bits per heavy atom. The third-order valence-electron chi connectivity index (χ3n) is 2.29. The summed E-state index contributed by atoms with van der Waals surface area (Å²) in [6.07, 6.45) is 1.70. The number of anilines is 2. The second-order valence-electron chi connectivity index (χ2n) is 4.05. The molecule has 1 heterocycles. The van der Waals surface area contributed by atoms with E-state index in [0.29, 0.717) is 11.7 Å². The molecule has 3 nitrogen and oxygen atoms in total. The van der Waals surface area contributed by atoms with E-state index in [1.165, 1.54) is 0 Å². The van der Waals surface area contributed by atoms with Crippen molar-refractivity contribution in [3.63, 3.8) is 0 Å². The minimum Gasteiger partial charge on any atom is -0.396 e. The zero-order valence-corrected chi connectivity index (χ0v) is 10.9. The van der Waals surface area contributed by atoms with Gasteiger partial charge in [0.25, 0.3) is 0 Å². The summed E-state index contributed by atoms with van der Waals surface area (Å²) < 4.78 is 1.03. The molecule has 0 aliphatic heterocycles. The van der Waals surface area contributed by atoms with E-state index >= 15 is 0 Å². The molecule has 84 valence electrons. The number of nitrogen functional groups attached to an aromatic ring is 1. The fourth-order valence-electron chi connectivity index (χ4n) is 1.63. The number of aromatic nitrogens is 1. The number of fused-ring (bicyclic) bond motifs is 1. The molecular weight excluding hydrogens is 266 g/mol. The number of hydrogen-bond donors (Lipinski definition) is 2. The first-order valence-electron chi connectivity index (χ1n) is 5.18. The highest BCUT2D eigenvalue weighted by Crippen LogP contribution is 2.30. The molecule has 0 bridgehead atoms. The monoisotopic (exact) mass is 279 g/mol. The van der Waals surface area contributed by atoms with E-state index in [-0.39, 0.29) is 0 Å². The number of halogens is 1. The number of nitrogens with zero attached hydrogens (tertiary/aromatic N) is 1. The molecule has 16 heavy (non-hydrogen) atoms. The Morgan fingerprint density at radius 1 is 1.38 bits per heavy atom. The molecule has 3 N–H and O–H groups in total. The molecule has 0 aliphatic rings. The molecule has 0 unspecified atom stereocenters. The summed E-state index contributed by atoms with van der Waals surface area (Å²) in [5.41, 5.74) is 8.53. The van der Waals surface area contributed by atoms with Crippen molar-refractivity contribution < 1.29 is 0 Å². The van der Waals surface area contributed by atoms with Gasteiger partial charge >= 0.3 is 0 Å². The van der Waals surface area contributed by atoms with Crippen LogP contribution in [0.3, 0.4) is 0 Å². The molecule has 1 aromatic carbocycles. The highest BCUT2D eigenvalue weighted by molar-refractivity contribution is 9.10.